The summed E-state index contributed by atoms with van der Waals surface area (Å²) in [5.41, 5.74) is 5.68. The molecule has 0 heterocycles. The quantitative estimate of drug-likeness (QED) is 0.810. The number of carbonyl (C=O) groups excluding carboxylic acids is 1. The van der Waals surface area contributed by atoms with E-state index in [-0.39, 0.29) is 23.2 Å². The molecule has 4 heteroatoms. The van der Waals surface area contributed by atoms with Crippen molar-refractivity contribution in [2.45, 2.75) is 40.0 Å². The number of amides is 1. The second-order valence-electron chi connectivity index (χ2n) is 5.66. The molecule has 0 radical (unpaired) electrons. The molecule has 1 fully saturated rings. The van der Waals surface area contributed by atoms with E-state index >= 15 is 0 Å². The van der Waals surface area contributed by atoms with Crippen LogP contribution in [0.5, 0.6) is 0 Å². The van der Waals surface area contributed by atoms with E-state index in [1.54, 1.807) is 0 Å². The minimum Gasteiger partial charge on any atom is -0.345 e. The molecular formula is C12H25ClN2O. The maximum atomic E-state index is 12.1. The first-order valence-corrected chi connectivity index (χ1v) is 5.82. The molecule has 1 amide bonds. The van der Waals surface area contributed by atoms with Gasteiger partial charge in [-0.3, -0.25) is 4.79 Å². The molecular weight excluding hydrogens is 224 g/mol. The molecule has 0 aromatic heterocycles. The number of nitrogens with two attached hydrogens (primary N) is 1. The Kier molecular flexibility index (Phi) is 5.27. The maximum absolute atomic E-state index is 12.1. The molecule has 1 aliphatic rings. The lowest BCUT2D eigenvalue weighted by molar-refractivity contribution is -0.137. The summed E-state index contributed by atoms with van der Waals surface area (Å²) < 4.78 is 0. The molecule has 0 aliphatic heterocycles. The predicted molar refractivity (Wildman–Crippen MR) is 69.7 cm³/mol. The molecule has 3 nitrogen and oxygen atoms in total. The summed E-state index contributed by atoms with van der Waals surface area (Å²) >= 11 is 0. The number of halogens is 1. The summed E-state index contributed by atoms with van der Waals surface area (Å²) in [6.45, 7) is 7.67. The van der Waals surface area contributed by atoms with Gasteiger partial charge in [-0.1, -0.05) is 20.8 Å². The molecule has 0 aromatic rings. The van der Waals surface area contributed by atoms with Gasteiger partial charge in [0.2, 0.25) is 5.91 Å². The Balaban J connectivity index is 0.00000225. The average Bonchev–Trinajstić information content (AvgIpc) is 2.96. The molecule has 0 spiro atoms. The van der Waals surface area contributed by atoms with Crippen molar-refractivity contribution in [3.8, 4) is 0 Å². The third-order valence-corrected chi connectivity index (χ3v) is 3.55. The molecule has 2 N–H and O–H groups in total. The van der Waals surface area contributed by atoms with Gasteiger partial charge >= 0.3 is 0 Å². The van der Waals surface area contributed by atoms with Gasteiger partial charge in [-0.05, 0) is 31.2 Å². The van der Waals surface area contributed by atoms with Gasteiger partial charge in [0, 0.05) is 19.0 Å². The molecule has 96 valence electrons. The summed E-state index contributed by atoms with van der Waals surface area (Å²) in [6.07, 6.45) is 3.10. The van der Waals surface area contributed by atoms with Crippen molar-refractivity contribution in [2.75, 3.05) is 20.1 Å². The van der Waals surface area contributed by atoms with E-state index in [1.807, 2.05) is 11.9 Å². The van der Waals surface area contributed by atoms with E-state index < -0.39 is 0 Å². The van der Waals surface area contributed by atoms with Gasteiger partial charge in [0.25, 0.3) is 0 Å². The smallest absolute Gasteiger partial charge is 0.228 e. The largest absolute Gasteiger partial charge is 0.345 e. The lowest BCUT2D eigenvalue weighted by atomic mass is 9.92. The molecule has 0 aromatic carbocycles. The summed E-state index contributed by atoms with van der Waals surface area (Å²) in [4.78, 5) is 14.0. The van der Waals surface area contributed by atoms with Crippen LogP contribution in [0.2, 0.25) is 0 Å². The zero-order chi connectivity index (χ0) is 11.7. The first kappa shape index (κ1) is 15.7. The number of nitrogens with zero attached hydrogens (tertiary/aromatic N) is 1. The second-order valence-corrected chi connectivity index (χ2v) is 5.66. The zero-order valence-corrected chi connectivity index (χ0v) is 11.7. The third-order valence-electron chi connectivity index (χ3n) is 3.55. The molecule has 0 saturated heterocycles. The normalized spacial score (nSPS) is 17.6. The average molecular weight is 249 g/mol. The highest BCUT2D eigenvalue weighted by Gasteiger charge is 2.49. The van der Waals surface area contributed by atoms with Gasteiger partial charge in [0.05, 0.1) is 0 Å². The third kappa shape index (κ3) is 3.36. The van der Waals surface area contributed by atoms with Crippen LogP contribution in [0, 0.1) is 10.8 Å². The number of hydrogen-bond acceptors (Lipinski definition) is 2. The summed E-state index contributed by atoms with van der Waals surface area (Å²) in [7, 11) is 1.90. The molecule has 0 atom stereocenters. The Bertz CT molecular complexity index is 249. The minimum absolute atomic E-state index is 0. The van der Waals surface area contributed by atoms with Crippen molar-refractivity contribution >= 4 is 18.3 Å². The van der Waals surface area contributed by atoms with E-state index in [4.69, 9.17) is 5.73 Å². The molecule has 16 heavy (non-hydrogen) atoms. The highest BCUT2D eigenvalue weighted by molar-refractivity contribution is 5.85. The van der Waals surface area contributed by atoms with Crippen LogP contribution in [0.4, 0.5) is 0 Å². The highest BCUT2D eigenvalue weighted by atomic mass is 35.5. The van der Waals surface area contributed by atoms with Crippen LogP contribution in [-0.4, -0.2) is 30.9 Å². The van der Waals surface area contributed by atoms with Crippen LogP contribution in [0.1, 0.15) is 40.0 Å². The van der Waals surface area contributed by atoms with Gasteiger partial charge in [0.1, 0.15) is 0 Å². The molecule has 0 bridgehead atoms. The van der Waals surface area contributed by atoms with E-state index in [0.29, 0.717) is 12.5 Å². The van der Waals surface area contributed by atoms with Gasteiger partial charge in [-0.15, -0.1) is 12.4 Å². The van der Waals surface area contributed by atoms with Crippen molar-refractivity contribution in [1.29, 1.82) is 0 Å². The fourth-order valence-corrected chi connectivity index (χ4v) is 2.05. The van der Waals surface area contributed by atoms with Gasteiger partial charge in [-0.2, -0.15) is 0 Å². The summed E-state index contributed by atoms with van der Waals surface area (Å²) in [5.74, 6) is 0.312. The molecule has 1 aliphatic carbocycles. The first-order valence-electron chi connectivity index (χ1n) is 5.82. The van der Waals surface area contributed by atoms with Crippen LogP contribution in [0.15, 0.2) is 0 Å². The number of rotatable bonds is 5. The topological polar surface area (TPSA) is 46.3 Å². The van der Waals surface area contributed by atoms with E-state index in [1.165, 1.54) is 0 Å². The molecule has 1 rings (SSSR count). The summed E-state index contributed by atoms with van der Waals surface area (Å²) in [5, 5.41) is 0. The lowest BCUT2D eigenvalue weighted by Gasteiger charge is -2.31. The van der Waals surface area contributed by atoms with Gasteiger partial charge in [-0.25, -0.2) is 0 Å². The van der Waals surface area contributed by atoms with Gasteiger partial charge in [0.15, 0.2) is 0 Å². The van der Waals surface area contributed by atoms with Crippen molar-refractivity contribution in [2.24, 2.45) is 16.6 Å². The van der Waals surface area contributed by atoms with Crippen molar-refractivity contribution < 1.29 is 4.79 Å². The SMILES string of the molecule is CCC1(C(=O)N(C)CC(C)(C)CN)CC1.Cl. The fourth-order valence-electron chi connectivity index (χ4n) is 2.05. The Hall–Kier alpha value is -0.280. The first-order chi connectivity index (χ1) is 6.87. The van der Waals surface area contributed by atoms with E-state index in [2.05, 4.69) is 20.8 Å². The van der Waals surface area contributed by atoms with Crippen LogP contribution in [-0.2, 0) is 4.79 Å². The second kappa shape index (κ2) is 5.37. The Morgan fingerprint density at radius 2 is 1.94 bits per heavy atom. The molecule has 0 unspecified atom stereocenters. The Morgan fingerprint density at radius 3 is 2.25 bits per heavy atom. The van der Waals surface area contributed by atoms with Crippen LogP contribution in [0.3, 0.4) is 0 Å². The Labute approximate surface area is 105 Å². The van der Waals surface area contributed by atoms with Crippen molar-refractivity contribution in [1.82, 2.24) is 4.90 Å². The van der Waals surface area contributed by atoms with E-state index in [9.17, 15) is 4.79 Å². The zero-order valence-electron chi connectivity index (χ0n) is 10.9. The molecule has 1 saturated carbocycles. The number of hydrogen-bond donors (Lipinski definition) is 1. The lowest BCUT2D eigenvalue weighted by Crippen LogP contribution is -2.42. The maximum Gasteiger partial charge on any atom is 0.228 e. The standard InChI is InChI=1S/C12H24N2O.ClH/c1-5-12(6-7-12)10(15)14(4)9-11(2,3)8-13;/h5-9,13H2,1-4H3;1H. The summed E-state index contributed by atoms with van der Waals surface area (Å²) in [6, 6.07) is 0. The van der Waals surface area contributed by atoms with Gasteiger partial charge < -0.3 is 10.6 Å². The highest BCUT2D eigenvalue weighted by Crippen LogP contribution is 2.50. The van der Waals surface area contributed by atoms with Crippen molar-refractivity contribution in [3.05, 3.63) is 0 Å². The number of carbonyl (C=O) groups is 1. The van der Waals surface area contributed by atoms with E-state index in [0.717, 1.165) is 25.8 Å². The fraction of sp³-hybridized carbons (Fsp3) is 0.917. The van der Waals surface area contributed by atoms with Crippen LogP contribution in [0.25, 0.3) is 0 Å². The monoisotopic (exact) mass is 248 g/mol. The van der Waals surface area contributed by atoms with Crippen molar-refractivity contribution in [3.63, 3.8) is 0 Å². The van der Waals surface area contributed by atoms with Crippen LogP contribution >= 0.6 is 12.4 Å². The van der Waals surface area contributed by atoms with Crippen LogP contribution < -0.4 is 5.73 Å². The Morgan fingerprint density at radius 1 is 1.44 bits per heavy atom. The predicted octanol–water partition coefficient (Wildman–Crippen LogP) is 2.04. The minimum atomic E-state index is -0.0145.